The highest BCUT2D eigenvalue weighted by Gasteiger charge is 2.16. The summed E-state index contributed by atoms with van der Waals surface area (Å²) >= 11 is 5.42. The zero-order chi connectivity index (χ0) is 19.8. The first-order valence-corrected chi connectivity index (χ1v) is 10.3. The second-order valence-electron chi connectivity index (χ2n) is 7.30. The van der Waals surface area contributed by atoms with E-state index in [4.69, 9.17) is 17.0 Å². The van der Waals surface area contributed by atoms with Crippen molar-refractivity contribution < 1.29 is 4.74 Å². The van der Waals surface area contributed by atoms with Crippen molar-refractivity contribution in [3.63, 3.8) is 0 Å². The fraction of sp³-hybridized carbons (Fsp3) is 0.348. The summed E-state index contributed by atoms with van der Waals surface area (Å²) < 4.78 is 5.55. The largest absolute Gasteiger partial charge is 0.489 e. The summed E-state index contributed by atoms with van der Waals surface area (Å²) in [6, 6.07) is 16.5. The molecule has 1 fully saturated rings. The van der Waals surface area contributed by atoms with Gasteiger partial charge >= 0.3 is 0 Å². The lowest BCUT2D eigenvalue weighted by Gasteiger charge is -2.32. The van der Waals surface area contributed by atoms with Crippen molar-refractivity contribution in [1.82, 2.24) is 5.32 Å². The van der Waals surface area contributed by atoms with Crippen LogP contribution in [0.4, 0.5) is 11.4 Å². The molecular weight excluding hydrogens is 366 g/mol. The van der Waals surface area contributed by atoms with Gasteiger partial charge in [0.15, 0.2) is 5.11 Å². The maximum atomic E-state index is 5.55. The van der Waals surface area contributed by atoms with Gasteiger partial charge in [0.1, 0.15) is 12.4 Å². The summed E-state index contributed by atoms with van der Waals surface area (Å²) in [5.74, 6) is 1.56. The molecule has 28 heavy (non-hydrogen) atoms. The Bertz CT molecular complexity index is 791. The molecule has 3 rings (SSSR count). The minimum absolute atomic E-state index is 0.485. The number of hydrogen-bond donors (Lipinski definition) is 2. The van der Waals surface area contributed by atoms with Crippen molar-refractivity contribution in [2.45, 2.75) is 26.3 Å². The van der Waals surface area contributed by atoms with E-state index in [2.05, 4.69) is 53.3 Å². The molecule has 1 aliphatic rings. The number of rotatable bonds is 7. The molecule has 2 aromatic carbocycles. The summed E-state index contributed by atoms with van der Waals surface area (Å²) in [6.07, 6.45) is 4.35. The minimum Gasteiger partial charge on any atom is -0.489 e. The lowest BCUT2D eigenvalue weighted by molar-refractivity contribution is 0.363. The number of piperidine rings is 1. The lowest BCUT2D eigenvalue weighted by Crippen LogP contribution is -2.34. The number of thiocarbonyl (C=S) groups is 1. The van der Waals surface area contributed by atoms with Crippen molar-refractivity contribution in [2.24, 2.45) is 5.92 Å². The zero-order valence-electron chi connectivity index (χ0n) is 16.5. The van der Waals surface area contributed by atoms with Crippen LogP contribution in [0.5, 0.6) is 5.75 Å². The van der Waals surface area contributed by atoms with E-state index in [1.165, 1.54) is 24.1 Å². The van der Waals surface area contributed by atoms with Crippen molar-refractivity contribution in [2.75, 3.05) is 29.9 Å². The van der Waals surface area contributed by atoms with Gasteiger partial charge in [0.25, 0.3) is 0 Å². The van der Waals surface area contributed by atoms with E-state index in [0.717, 1.165) is 30.4 Å². The van der Waals surface area contributed by atoms with Crippen LogP contribution in [0, 0.1) is 5.92 Å². The normalized spacial score (nSPS) is 16.3. The van der Waals surface area contributed by atoms with E-state index in [1.807, 2.05) is 24.3 Å². The van der Waals surface area contributed by atoms with E-state index in [1.54, 1.807) is 6.08 Å². The fourth-order valence-electron chi connectivity index (χ4n) is 3.42. The number of anilines is 2. The second kappa shape index (κ2) is 10.1. The molecular formula is C23H29N3OS. The van der Waals surface area contributed by atoms with Crippen LogP contribution >= 0.6 is 12.2 Å². The second-order valence-corrected chi connectivity index (χ2v) is 7.70. The van der Waals surface area contributed by atoms with E-state index < -0.39 is 0 Å². The Labute approximate surface area is 173 Å². The van der Waals surface area contributed by atoms with E-state index >= 15 is 0 Å². The van der Waals surface area contributed by atoms with Crippen molar-refractivity contribution in [3.05, 3.63) is 66.7 Å². The highest BCUT2D eigenvalue weighted by Crippen LogP contribution is 2.23. The number of hydrogen-bond acceptors (Lipinski definition) is 3. The Morgan fingerprint density at radius 1 is 1.29 bits per heavy atom. The maximum Gasteiger partial charge on any atom is 0.171 e. The van der Waals surface area contributed by atoms with Gasteiger partial charge in [0, 0.05) is 37.1 Å². The predicted molar refractivity (Wildman–Crippen MR) is 122 cm³/mol. The molecule has 4 nitrogen and oxygen atoms in total. The average molecular weight is 396 g/mol. The molecule has 0 aliphatic carbocycles. The van der Waals surface area contributed by atoms with Crippen molar-refractivity contribution in [3.8, 4) is 5.75 Å². The van der Waals surface area contributed by atoms with Gasteiger partial charge in [-0.25, -0.2) is 0 Å². The Morgan fingerprint density at radius 3 is 2.86 bits per heavy atom. The molecule has 1 heterocycles. The van der Waals surface area contributed by atoms with Crippen LogP contribution in [0.25, 0.3) is 0 Å². The van der Waals surface area contributed by atoms with E-state index in [0.29, 0.717) is 18.3 Å². The molecule has 1 atom stereocenters. The summed E-state index contributed by atoms with van der Waals surface area (Å²) in [7, 11) is 0. The quantitative estimate of drug-likeness (QED) is 0.511. The molecule has 2 aromatic rings. The Balaban J connectivity index is 1.48. The third-order valence-electron chi connectivity index (χ3n) is 4.87. The average Bonchev–Trinajstić information content (AvgIpc) is 2.71. The molecule has 0 spiro atoms. The standard InChI is InChI=1S/C23H29N3OS/c1-3-14-27-22-8-4-7-20(15-22)25-23(28)24-16-19-9-11-21(12-10-19)26-13-5-6-18(2)17-26/h3-4,7-12,15,18H,1,5-6,13-14,16-17H2,2H3,(H2,24,25,28)/t18-/m1/s1. The van der Waals surface area contributed by atoms with Crippen LogP contribution in [0.1, 0.15) is 25.3 Å². The van der Waals surface area contributed by atoms with Gasteiger partial charge in [-0.1, -0.05) is 37.8 Å². The third-order valence-corrected chi connectivity index (χ3v) is 5.12. The van der Waals surface area contributed by atoms with Crippen molar-refractivity contribution in [1.29, 1.82) is 0 Å². The first-order valence-electron chi connectivity index (χ1n) is 9.86. The zero-order valence-corrected chi connectivity index (χ0v) is 17.3. The number of ether oxygens (including phenoxy) is 1. The minimum atomic E-state index is 0.485. The Hall–Kier alpha value is -2.53. The number of benzene rings is 2. The molecule has 1 aliphatic heterocycles. The van der Waals surface area contributed by atoms with Gasteiger partial charge in [-0.2, -0.15) is 0 Å². The summed E-state index contributed by atoms with van der Waals surface area (Å²) in [4.78, 5) is 2.49. The van der Waals surface area contributed by atoms with Crippen LogP contribution in [0.15, 0.2) is 61.2 Å². The van der Waals surface area contributed by atoms with E-state index in [9.17, 15) is 0 Å². The van der Waals surface area contributed by atoms with Crippen molar-refractivity contribution >= 4 is 28.7 Å². The fourth-order valence-corrected chi connectivity index (χ4v) is 3.61. The smallest absolute Gasteiger partial charge is 0.171 e. The predicted octanol–water partition coefficient (Wildman–Crippen LogP) is 4.97. The third kappa shape index (κ3) is 5.99. The molecule has 0 unspecified atom stereocenters. The number of nitrogens with zero attached hydrogens (tertiary/aromatic N) is 1. The SMILES string of the molecule is C=CCOc1cccc(NC(=S)NCc2ccc(N3CCC[C@@H](C)C3)cc2)c1. The molecule has 0 saturated carbocycles. The first-order chi connectivity index (χ1) is 13.6. The Morgan fingerprint density at radius 2 is 2.11 bits per heavy atom. The molecule has 148 valence electrons. The van der Waals surface area contributed by atoms with Gasteiger partial charge < -0.3 is 20.3 Å². The molecule has 0 bridgehead atoms. The topological polar surface area (TPSA) is 36.5 Å². The van der Waals surface area contributed by atoms with Crippen LogP contribution in [0.2, 0.25) is 0 Å². The maximum absolute atomic E-state index is 5.55. The monoisotopic (exact) mass is 395 g/mol. The summed E-state index contributed by atoms with van der Waals surface area (Å²) in [6.45, 7) is 9.48. The molecule has 5 heteroatoms. The van der Waals surface area contributed by atoms with Gasteiger partial charge in [0.05, 0.1) is 0 Å². The highest BCUT2D eigenvalue weighted by atomic mass is 32.1. The van der Waals surface area contributed by atoms with Gasteiger partial charge in [0.2, 0.25) is 0 Å². The van der Waals surface area contributed by atoms with Gasteiger partial charge in [-0.05, 0) is 60.8 Å². The summed E-state index contributed by atoms with van der Waals surface area (Å²) in [5.41, 5.74) is 3.42. The van der Waals surface area contributed by atoms with Gasteiger partial charge in [-0.3, -0.25) is 0 Å². The molecule has 0 amide bonds. The van der Waals surface area contributed by atoms with E-state index in [-0.39, 0.29) is 0 Å². The molecule has 2 N–H and O–H groups in total. The molecule has 0 radical (unpaired) electrons. The molecule has 1 saturated heterocycles. The lowest BCUT2D eigenvalue weighted by atomic mass is 9.99. The highest BCUT2D eigenvalue weighted by molar-refractivity contribution is 7.80. The summed E-state index contributed by atoms with van der Waals surface area (Å²) in [5, 5.41) is 7.06. The number of nitrogens with one attached hydrogen (secondary N) is 2. The van der Waals surface area contributed by atoms with Gasteiger partial charge in [-0.15, -0.1) is 0 Å². The first kappa shape index (κ1) is 20.2. The van der Waals surface area contributed by atoms with Crippen LogP contribution in [-0.4, -0.2) is 24.8 Å². The van der Waals surface area contributed by atoms with Crippen LogP contribution in [0.3, 0.4) is 0 Å². The molecule has 0 aromatic heterocycles. The van der Waals surface area contributed by atoms with Crippen LogP contribution in [-0.2, 0) is 6.54 Å². The van der Waals surface area contributed by atoms with Crippen LogP contribution < -0.4 is 20.3 Å². The Kier molecular flexibility index (Phi) is 7.31.